The summed E-state index contributed by atoms with van der Waals surface area (Å²) in [6.07, 6.45) is 3.52. The zero-order valence-corrected chi connectivity index (χ0v) is 9.63. The quantitative estimate of drug-likeness (QED) is 0.758. The van der Waals surface area contributed by atoms with Crippen LogP contribution >= 0.6 is 23.2 Å². The molecule has 15 heavy (non-hydrogen) atoms. The summed E-state index contributed by atoms with van der Waals surface area (Å²) in [6.45, 7) is 1.91. The van der Waals surface area contributed by atoms with Gasteiger partial charge in [-0.1, -0.05) is 11.6 Å². The smallest absolute Gasteiger partial charge is 0.172 e. The number of halogens is 2. The molecule has 0 unspecified atom stereocenters. The van der Waals surface area contributed by atoms with Crippen molar-refractivity contribution >= 4 is 23.2 Å². The summed E-state index contributed by atoms with van der Waals surface area (Å²) in [5.74, 6) is 1.03. The van der Waals surface area contributed by atoms with Crippen LogP contribution in [0, 0.1) is 6.92 Å². The number of pyridine rings is 1. The van der Waals surface area contributed by atoms with Crippen molar-refractivity contribution in [3.63, 3.8) is 0 Å². The lowest BCUT2D eigenvalue weighted by molar-refractivity contribution is 0.831. The largest absolute Gasteiger partial charge is 0.235 e. The molecule has 0 fully saturated rings. The maximum absolute atomic E-state index is 6.07. The van der Waals surface area contributed by atoms with Crippen molar-refractivity contribution in [2.24, 2.45) is 0 Å². The van der Waals surface area contributed by atoms with Gasteiger partial charge in [0.05, 0.1) is 10.7 Å². The molecule has 0 bridgehead atoms. The molecule has 2 aromatic rings. The van der Waals surface area contributed by atoms with Gasteiger partial charge in [0.15, 0.2) is 5.82 Å². The Morgan fingerprint density at radius 2 is 2.27 bits per heavy atom. The third-order valence-electron chi connectivity index (χ3n) is 1.97. The van der Waals surface area contributed by atoms with Crippen molar-refractivity contribution in [1.29, 1.82) is 0 Å². The van der Waals surface area contributed by atoms with Gasteiger partial charge < -0.3 is 0 Å². The second-order valence-corrected chi connectivity index (χ2v) is 3.86. The summed E-state index contributed by atoms with van der Waals surface area (Å²) in [5.41, 5.74) is 1.82. The van der Waals surface area contributed by atoms with Gasteiger partial charge in [-0.15, -0.1) is 11.6 Å². The van der Waals surface area contributed by atoms with Gasteiger partial charge in [0, 0.05) is 18.3 Å². The average Bonchev–Trinajstić information content (AvgIpc) is 2.64. The molecule has 0 atom stereocenters. The summed E-state index contributed by atoms with van der Waals surface area (Å²) in [7, 11) is 0. The van der Waals surface area contributed by atoms with Crippen LogP contribution in [0.25, 0.3) is 5.82 Å². The molecule has 0 radical (unpaired) electrons. The third kappa shape index (κ3) is 2.13. The van der Waals surface area contributed by atoms with Gasteiger partial charge in [-0.05, 0) is 24.6 Å². The lowest BCUT2D eigenvalue weighted by Crippen LogP contribution is -2.00. The monoisotopic (exact) mass is 241 g/mol. The first-order valence-electron chi connectivity index (χ1n) is 4.44. The van der Waals surface area contributed by atoms with E-state index >= 15 is 0 Å². The molecule has 2 rings (SSSR count). The number of aromatic nitrogens is 3. The molecule has 0 aliphatic heterocycles. The molecule has 0 amide bonds. The molecule has 0 aliphatic carbocycles. The van der Waals surface area contributed by atoms with E-state index in [4.69, 9.17) is 23.2 Å². The minimum Gasteiger partial charge on any atom is -0.235 e. The van der Waals surface area contributed by atoms with Gasteiger partial charge >= 0.3 is 0 Å². The molecule has 78 valence electrons. The highest BCUT2D eigenvalue weighted by molar-refractivity contribution is 6.32. The summed E-state index contributed by atoms with van der Waals surface area (Å²) in [6, 6.07) is 3.70. The molecule has 3 nitrogen and oxygen atoms in total. The van der Waals surface area contributed by atoms with E-state index in [1.165, 1.54) is 0 Å². The normalized spacial score (nSPS) is 10.6. The Balaban J connectivity index is 2.45. The Hall–Kier alpha value is -1.06. The molecule has 2 aromatic heterocycles. The predicted molar refractivity (Wildman–Crippen MR) is 60.7 cm³/mol. The predicted octanol–water partition coefficient (Wildman–Crippen LogP) is 2.97. The van der Waals surface area contributed by atoms with E-state index in [2.05, 4.69) is 10.1 Å². The number of aryl methyl sites for hydroxylation is 1. The van der Waals surface area contributed by atoms with Crippen LogP contribution in [0.5, 0.6) is 0 Å². The molecular weight excluding hydrogens is 233 g/mol. The summed E-state index contributed by atoms with van der Waals surface area (Å²) >= 11 is 11.8. The molecular formula is C10H9Cl2N3. The van der Waals surface area contributed by atoms with E-state index in [1.54, 1.807) is 16.9 Å². The molecule has 2 heterocycles. The van der Waals surface area contributed by atoms with Crippen LogP contribution in [-0.4, -0.2) is 14.8 Å². The molecule has 5 heteroatoms. The van der Waals surface area contributed by atoms with E-state index in [9.17, 15) is 0 Å². The van der Waals surface area contributed by atoms with E-state index in [1.807, 2.05) is 19.2 Å². The average molecular weight is 242 g/mol. The number of hydrogen-bond donors (Lipinski definition) is 0. The van der Waals surface area contributed by atoms with Crippen LogP contribution in [-0.2, 0) is 5.88 Å². The van der Waals surface area contributed by atoms with Gasteiger partial charge in [0.1, 0.15) is 0 Å². The first kappa shape index (κ1) is 10.5. The van der Waals surface area contributed by atoms with Gasteiger partial charge in [0.2, 0.25) is 0 Å². The van der Waals surface area contributed by atoms with Crippen LogP contribution in [0.2, 0.25) is 5.02 Å². The number of alkyl halides is 1. The maximum Gasteiger partial charge on any atom is 0.172 e. The lowest BCUT2D eigenvalue weighted by atomic mass is 10.3. The van der Waals surface area contributed by atoms with Crippen molar-refractivity contribution in [2.75, 3.05) is 0 Å². The van der Waals surface area contributed by atoms with Gasteiger partial charge in [-0.3, -0.25) is 0 Å². The first-order valence-corrected chi connectivity index (χ1v) is 5.35. The number of rotatable bonds is 2. The van der Waals surface area contributed by atoms with Gasteiger partial charge in [-0.25, -0.2) is 9.67 Å². The summed E-state index contributed by atoms with van der Waals surface area (Å²) in [5, 5.41) is 4.79. The van der Waals surface area contributed by atoms with Crippen LogP contribution in [0.15, 0.2) is 24.5 Å². The van der Waals surface area contributed by atoms with Crippen molar-refractivity contribution in [2.45, 2.75) is 12.8 Å². The highest BCUT2D eigenvalue weighted by atomic mass is 35.5. The minimum absolute atomic E-state index is 0.408. The summed E-state index contributed by atoms with van der Waals surface area (Å²) in [4.78, 5) is 4.22. The standard InChI is InChI=1S/C10H9Cl2N3/c1-7-2-3-15(14-7)10-9(12)4-8(5-11)6-13-10/h2-4,6H,5H2,1H3. The van der Waals surface area contributed by atoms with E-state index in [0.29, 0.717) is 16.7 Å². The number of nitrogens with zero attached hydrogens (tertiary/aromatic N) is 3. The zero-order valence-electron chi connectivity index (χ0n) is 8.11. The van der Waals surface area contributed by atoms with Crippen LogP contribution < -0.4 is 0 Å². The number of hydrogen-bond acceptors (Lipinski definition) is 2. The van der Waals surface area contributed by atoms with Gasteiger partial charge in [0.25, 0.3) is 0 Å². The van der Waals surface area contributed by atoms with Crippen molar-refractivity contribution < 1.29 is 0 Å². The Bertz CT molecular complexity index is 479. The minimum atomic E-state index is 0.408. The van der Waals surface area contributed by atoms with Crippen molar-refractivity contribution in [1.82, 2.24) is 14.8 Å². The Morgan fingerprint density at radius 3 is 2.80 bits per heavy atom. The molecule has 0 spiro atoms. The second-order valence-electron chi connectivity index (χ2n) is 3.18. The van der Waals surface area contributed by atoms with Crippen molar-refractivity contribution in [3.8, 4) is 5.82 Å². The van der Waals surface area contributed by atoms with Gasteiger partial charge in [-0.2, -0.15) is 5.10 Å². The second kappa shape index (κ2) is 4.21. The van der Waals surface area contributed by atoms with Crippen molar-refractivity contribution in [3.05, 3.63) is 40.8 Å². The topological polar surface area (TPSA) is 30.7 Å². The third-order valence-corrected chi connectivity index (χ3v) is 2.56. The highest BCUT2D eigenvalue weighted by Gasteiger charge is 2.06. The molecule has 0 saturated carbocycles. The molecule has 0 N–H and O–H groups in total. The molecule has 0 saturated heterocycles. The van der Waals surface area contributed by atoms with E-state index < -0.39 is 0 Å². The maximum atomic E-state index is 6.07. The SMILES string of the molecule is Cc1ccn(-c2ncc(CCl)cc2Cl)n1. The van der Waals surface area contributed by atoms with Crippen LogP contribution in [0.3, 0.4) is 0 Å². The zero-order chi connectivity index (χ0) is 10.8. The molecule has 0 aromatic carbocycles. The Kier molecular flexibility index (Phi) is 2.93. The Labute approximate surface area is 97.7 Å². The Morgan fingerprint density at radius 1 is 1.47 bits per heavy atom. The van der Waals surface area contributed by atoms with Crippen LogP contribution in [0.4, 0.5) is 0 Å². The first-order chi connectivity index (χ1) is 7.20. The van der Waals surface area contributed by atoms with E-state index in [0.717, 1.165) is 11.3 Å². The van der Waals surface area contributed by atoms with E-state index in [-0.39, 0.29) is 0 Å². The summed E-state index contributed by atoms with van der Waals surface area (Å²) < 4.78 is 1.65. The van der Waals surface area contributed by atoms with Crippen LogP contribution in [0.1, 0.15) is 11.3 Å². The fourth-order valence-electron chi connectivity index (χ4n) is 1.25. The fourth-order valence-corrected chi connectivity index (χ4v) is 1.67. The lowest BCUT2D eigenvalue weighted by Gasteiger charge is -2.04. The molecule has 0 aliphatic rings. The fraction of sp³-hybridized carbons (Fsp3) is 0.200. The highest BCUT2D eigenvalue weighted by Crippen LogP contribution is 2.19.